The van der Waals surface area contributed by atoms with Gasteiger partial charge in [0, 0.05) is 12.6 Å². The third-order valence-electron chi connectivity index (χ3n) is 5.15. The van der Waals surface area contributed by atoms with Gasteiger partial charge in [-0.25, -0.2) is 0 Å². The van der Waals surface area contributed by atoms with Gasteiger partial charge in [0.2, 0.25) is 11.8 Å². The zero-order valence-electron chi connectivity index (χ0n) is 12.0. The van der Waals surface area contributed by atoms with Gasteiger partial charge in [-0.15, -0.1) is 0 Å². The highest BCUT2D eigenvalue weighted by atomic mass is 16.2. The second-order valence-electron chi connectivity index (χ2n) is 6.54. The van der Waals surface area contributed by atoms with Crippen molar-refractivity contribution < 1.29 is 9.59 Å². The minimum Gasteiger partial charge on any atom is -0.329 e. The van der Waals surface area contributed by atoms with Crippen molar-refractivity contribution in [3.05, 3.63) is 0 Å². The van der Waals surface area contributed by atoms with Crippen molar-refractivity contribution >= 4 is 11.8 Å². The van der Waals surface area contributed by atoms with Gasteiger partial charge in [-0.2, -0.15) is 0 Å². The lowest BCUT2D eigenvalue weighted by Gasteiger charge is -2.46. The first-order chi connectivity index (χ1) is 9.09. The topological polar surface area (TPSA) is 40.6 Å². The molecule has 2 heterocycles. The third kappa shape index (κ3) is 2.05. The lowest BCUT2D eigenvalue weighted by Crippen LogP contribution is -2.64. The van der Waals surface area contributed by atoms with Gasteiger partial charge in [-0.1, -0.05) is 19.8 Å². The van der Waals surface area contributed by atoms with Crippen LogP contribution >= 0.6 is 0 Å². The molecule has 4 heteroatoms. The molecule has 0 aromatic rings. The molecule has 3 aliphatic rings. The maximum absolute atomic E-state index is 12.7. The Morgan fingerprint density at radius 2 is 1.79 bits per heavy atom. The molecule has 3 fully saturated rings. The molecule has 2 amide bonds. The smallest absolute Gasteiger partial charge is 0.246 e. The molecular weight excluding hydrogens is 240 g/mol. The van der Waals surface area contributed by atoms with Crippen LogP contribution in [-0.4, -0.2) is 46.3 Å². The Morgan fingerprint density at radius 3 is 2.53 bits per heavy atom. The minimum absolute atomic E-state index is 0.152. The molecule has 106 valence electrons. The molecule has 0 aromatic heterocycles. The van der Waals surface area contributed by atoms with E-state index in [4.69, 9.17) is 0 Å². The van der Waals surface area contributed by atoms with Crippen molar-refractivity contribution in [3.8, 4) is 0 Å². The van der Waals surface area contributed by atoms with Crippen LogP contribution in [-0.2, 0) is 9.59 Å². The Balaban J connectivity index is 1.83. The Hall–Kier alpha value is -1.06. The van der Waals surface area contributed by atoms with Crippen molar-refractivity contribution in [3.63, 3.8) is 0 Å². The molecule has 2 saturated heterocycles. The fraction of sp³-hybridized carbons (Fsp3) is 0.867. The summed E-state index contributed by atoms with van der Waals surface area (Å²) in [4.78, 5) is 28.9. The van der Waals surface area contributed by atoms with E-state index in [1.165, 1.54) is 12.8 Å². The fourth-order valence-corrected chi connectivity index (χ4v) is 4.16. The standard InChI is InChI=1S/C15H24N2O2/c1-10-5-3-6-12(9-10)17-11(2)14(18)16-8-4-7-13(16)15(17)19/h10-13H,3-9H2,1-2H3. The Morgan fingerprint density at radius 1 is 1.00 bits per heavy atom. The molecule has 1 aliphatic carbocycles. The maximum Gasteiger partial charge on any atom is 0.246 e. The van der Waals surface area contributed by atoms with Crippen LogP contribution in [0.1, 0.15) is 52.4 Å². The van der Waals surface area contributed by atoms with E-state index in [9.17, 15) is 9.59 Å². The van der Waals surface area contributed by atoms with Crippen molar-refractivity contribution in [2.24, 2.45) is 5.92 Å². The lowest BCUT2D eigenvalue weighted by molar-refractivity contribution is -0.162. The molecule has 0 bridgehead atoms. The van der Waals surface area contributed by atoms with Crippen molar-refractivity contribution in [2.45, 2.75) is 70.5 Å². The first kappa shape index (κ1) is 12.9. The molecule has 0 spiro atoms. The van der Waals surface area contributed by atoms with Gasteiger partial charge in [-0.05, 0) is 38.5 Å². The molecular formula is C15H24N2O2. The van der Waals surface area contributed by atoms with Gasteiger partial charge >= 0.3 is 0 Å². The van der Waals surface area contributed by atoms with E-state index < -0.39 is 0 Å². The van der Waals surface area contributed by atoms with Crippen LogP contribution in [0, 0.1) is 5.92 Å². The number of carbonyl (C=O) groups is 2. The SMILES string of the molecule is CC1CCCC(N2C(=O)C3CCCN3C(=O)C2C)C1. The van der Waals surface area contributed by atoms with E-state index in [0.29, 0.717) is 5.92 Å². The Labute approximate surface area is 115 Å². The second kappa shape index (κ2) is 4.80. The minimum atomic E-state index is -0.253. The number of piperazine rings is 1. The molecule has 2 aliphatic heterocycles. The van der Waals surface area contributed by atoms with Crippen molar-refractivity contribution in [1.82, 2.24) is 9.80 Å². The summed E-state index contributed by atoms with van der Waals surface area (Å²) in [5, 5.41) is 0. The number of amides is 2. The maximum atomic E-state index is 12.7. The number of rotatable bonds is 1. The molecule has 4 atom stereocenters. The molecule has 0 N–H and O–H groups in total. The van der Waals surface area contributed by atoms with E-state index in [2.05, 4.69) is 6.92 Å². The lowest BCUT2D eigenvalue weighted by atomic mass is 9.85. The number of hydrogen-bond donors (Lipinski definition) is 0. The highest BCUT2D eigenvalue weighted by molar-refractivity contribution is 5.97. The normalized spacial score (nSPS) is 39.7. The van der Waals surface area contributed by atoms with Gasteiger partial charge in [0.15, 0.2) is 0 Å². The predicted octanol–water partition coefficient (Wildman–Crippen LogP) is 1.79. The van der Waals surface area contributed by atoms with Crippen LogP contribution in [0.2, 0.25) is 0 Å². The Kier molecular flexibility index (Phi) is 3.27. The summed E-state index contributed by atoms with van der Waals surface area (Å²) in [5.74, 6) is 1.06. The number of fused-ring (bicyclic) bond motifs is 1. The van der Waals surface area contributed by atoms with Crippen LogP contribution in [0.15, 0.2) is 0 Å². The molecule has 3 rings (SSSR count). The average molecular weight is 264 g/mol. The number of hydrogen-bond acceptors (Lipinski definition) is 2. The molecule has 4 unspecified atom stereocenters. The van der Waals surface area contributed by atoms with E-state index in [1.54, 1.807) is 0 Å². The second-order valence-corrected chi connectivity index (χ2v) is 6.54. The van der Waals surface area contributed by atoms with Crippen LogP contribution in [0.5, 0.6) is 0 Å². The first-order valence-corrected chi connectivity index (χ1v) is 7.72. The fourth-order valence-electron chi connectivity index (χ4n) is 4.16. The molecule has 1 saturated carbocycles. The summed E-state index contributed by atoms with van der Waals surface area (Å²) < 4.78 is 0. The highest BCUT2D eigenvalue weighted by Gasteiger charge is 2.48. The monoisotopic (exact) mass is 264 g/mol. The van der Waals surface area contributed by atoms with E-state index in [-0.39, 0.29) is 29.9 Å². The van der Waals surface area contributed by atoms with Crippen LogP contribution in [0.3, 0.4) is 0 Å². The summed E-state index contributed by atoms with van der Waals surface area (Å²) in [6, 6.07) is -0.115. The van der Waals surface area contributed by atoms with Gasteiger partial charge < -0.3 is 9.80 Å². The van der Waals surface area contributed by atoms with Gasteiger partial charge in [0.25, 0.3) is 0 Å². The highest BCUT2D eigenvalue weighted by Crippen LogP contribution is 2.34. The van der Waals surface area contributed by atoms with Crippen LogP contribution in [0.25, 0.3) is 0 Å². The zero-order valence-corrected chi connectivity index (χ0v) is 12.0. The number of nitrogens with zero attached hydrogens (tertiary/aromatic N) is 2. The zero-order chi connectivity index (χ0) is 13.6. The first-order valence-electron chi connectivity index (χ1n) is 7.72. The number of carbonyl (C=O) groups excluding carboxylic acids is 2. The predicted molar refractivity (Wildman–Crippen MR) is 72.5 cm³/mol. The van der Waals surface area contributed by atoms with Crippen LogP contribution < -0.4 is 0 Å². The quantitative estimate of drug-likeness (QED) is 0.724. The average Bonchev–Trinajstić information content (AvgIpc) is 2.86. The van der Waals surface area contributed by atoms with Crippen molar-refractivity contribution in [1.29, 1.82) is 0 Å². The van der Waals surface area contributed by atoms with Gasteiger partial charge in [0.1, 0.15) is 12.1 Å². The molecule has 19 heavy (non-hydrogen) atoms. The Bertz CT molecular complexity index is 396. The van der Waals surface area contributed by atoms with E-state index >= 15 is 0 Å². The van der Waals surface area contributed by atoms with Crippen molar-refractivity contribution in [2.75, 3.05) is 6.54 Å². The molecule has 4 nitrogen and oxygen atoms in total. The molecule has 0 aromatic carbocycles. The largest absolute Gasteiger partial charge is 0.329 e. The third-order valence-corrected chi connectivity index (χ3v) is 5.15. The van der Waals surface area contributed by atoms with Gasteiger partial charge in [0.05, 0.1) is 0 Å². The summed E-state index contributed by atoms with van der Waals surface area (Å²) in [6.45, 7) is 4.94. The summed E-state index contributed by atoms with van der Waals surface area (Å²) in [6.07, 6.45) is 6.41. The summed E-state index contributed by atoms with van der Waals surface area (Å²) in [5.41, 5.74) is 0. The molecule has 0 radical (unpaired) electrons. The van der Waals surface area contributed by atoms with Gasteiger partial charge in [-0.3, -0.25) is 9.59 Å². The van der Waals surface area contributed by atoms with Crippen LogP contribution in [0.4, 0.5) is 0 Å². The van der Waals surface area contributed by atoms with E-state index in [1.807, 2.05) is 16.7 Å². The summed E-state index contributed by atoms with van der Waals surface area (Å²) >= 11 is 0. The van der Waals surface area contributed by atoms with E-state index in [0.717, 1.165) is 32.2 Å². The summed E-state index contributed by atoms with van der Waals surface area (Å²) in [7, 11) is 0.